The van der Waals surface area contributed by atoms with Gasteiger partial charge < -0.3 is 14.5 Å². The molecule has 6 nitrogen and oxygen atoms in total. The van der Waals surface area contributed by atoms with Gasteiger partial charge in [0.2, 0.25) is 0 Å². The van der Waals surface area contributed by atoms with Gasteiger partial charge in [-0.2, -0.15) is 0 Å². The Kier molecular flexibility index (Phi) is 7.16. The SMILES string of the molecule is CC(/C(=N\OC(CCCC(=O)O)C(C)(C)C)c1ccccc1)n1ccnc1. The molecule has 1 aromatic heterocycles. The minimum Gasteiger partial charge on any atom is -0.481 e. The van der Waals surface area contributed by atoms with Crippen molar-refractivity contribution in [2.75, 3.05) is 0 Å². The number of hydrogen-bond donors (Lipinski definition) is 1. The first-order valence-electron chi connectivity index (χ1n) is 9.27. The molecule has 27 heavy (non-hydrogen) atoms. The van der Waals surface area contributed by atoms with Gasteiger partial charge in [0.25, 0.3) is 0 Å². The normalized spacial score (nSPS) is 14.6. The number of rotatable bonds is 9. The van der Waals surface area contributed by atoms with Gasteiger partial charge in [0.1, 0.15) is 11.8 Å². The number of hydrogen-bond acceptors (Lipinski definition) is 4. The molecule has 0 spiro atoms. The van der Waals surface area contributed by atoms with Gasteiger partial charge in [0, 0.05) is 29.8 Å². The summed E-state index contributed by atoms with van der Waals surface area (Å²) in [6, 6.07) is 9.88. The molecule has 2 atom stereocenters. The maximum Gasteiger partial charge on any atom is 0.303 e. The molecule has 0 radical (unpaired) electrons. The number of aliphatic carboxylic acids is 1. The summed E-state index contributed by atoms with van der Waals surface area (Å²) in [7, 11) is 0. The molecule has 0 saturated heterocycles. The lowest BCUT2D eigenvalue weighted by Gasteiger charge is -2.29. The number of carbonyl (C=O) groups is 1. The quantitative estimate of drug-likeness (QED) is 0.519. The minimum absolute atomic E-state index is 0.0467. The van der Waals surface area contributed by atoms with Crippen molar-refractivity contribution in [2.24, 2.45) is 10.6 Å². The van der Waals surface area contributed by atoms with Crippen molar-refractivity contribution >= 4 is 11.7 Å². The van der Waals surface area contributed by atoms with E-state index in [0.29, 0.717) is 12.8 Å². The average Bonchev–Trinajstić information content (AvgIpc) is 3.14. The molecule has 0 saturated carbocycles. The molecule has 1 N–H and O–H groups in total. The first-order valence-corrected chi connectivity index (χ1v) is 9.27. The van der Waals surface area contributed by atoms with Crippen LogP contribution in [0.5, 0.6) is 0 Å². The van der Waals surface area contributed by atoms with Gasteiger partial charge in [-0.25, -0.2) is 4.98 Å². The Hall–Kier alpha value is -2.63. The average molecular weight is 371 g/mol. The van der Waals surface area contributed by atoms with E-state index in [2.05, 4.69) is 30.9 Å². The van der Waals surface area contributed by atoms with Crippen LogP contribution >= 0.6 is 0 Å². The van der Waals surface area contributed by atoms with E-state index in [9.17, 15) is 4.79 Å². The summed E-state index contributed by atoms with van der Waals surface area (Å²) in [5.74, 6) is -0.787. The lowest BCUT2D eigenvalue weighted by atomic mass is 9.86. The highest BCUT2D eigenvalue weighted by atomic mass is 16.6. The molecule has 2 aromatic rings. The van der Waals surface area contributed by atoms with Crippen LogP contribution in [0.4, 0.5) is 0 Å². The molecule has 6 heteroatoms. The van der Waals surface area contributed by atoms with E-state index in [4.69, 9.17) is 9.94 Å². The second-order valence-corrected chi connectivity index (χ2v) is 7.77. The van der Waals surface area contributed by atoms with Crippen LogP contribution in [0.3, 0.4) is 0 Å². The van der Waals surface area contributed by atoms with Crippen LogP contribution in [0, 0.1) is 5.41 Å². The van der Waals surface area contributed by atoms with Crippen LogP contribution in [-0.4, -0.2) is 32.4 Å². The maximum absolute atomic E-state index is 10.8. The largest absolute Gasteiger partial charge is 0.481 e. The number of carboxylic acid groups (broad SMARTS) is 1. The Labute approximate surface area is 160 Å². The topological polar surface area (TPSA) is 76.7 Å². The fourth-order valence-electron chi connectivity index (χ4n) is 2.82. The summed E-state index contributed by atoms with van der Waals surface area (Å²) in [5.41, 5.74) is 1.64. The van der Waals surface area contributed by atoms with Crippen LogP contribution < -0.4 is 0 Å². The van der Waals surface area contributed by atoms with Crippen molar-refractivity contribution in [1.29, 1.82) is 0 Å². The van der Waals surface area contributed by atoms with Gasteiger partial charge in [0.05, 0.1) is 12.4 Å². The summed E-state index contributed by atoms with van der Waals surface area (Å²) in [6.07, 6.45) is 6.56. The van der Waals surface area contributed by atoms with Crippen molar-refractivity contribution in [3.63, 3.8) is 0 Å². The van der Waals surface area contributed by atoms with Crippen molar-refractivity contribution in [2.45, 2.75) is 59.1 Å². The predicted octanol–water partition coefficient (Wildman–Crippen LogP) is 4.53. The maximum atomic E-state index is 10.8. The van der Waals surface area contributed by atoms with E-state index < -0.39 is 5.97 Å². The highest BCUT2D eigenvalue weighted by Gasteiger charge is 2.27. The molecule has 0 fully saturated rings. The Morgan fingerprint density at radius 2 is 2.00 bits per heavy atom. The first-order chi connectivity index (χ1) is 12.8. The van der Waals surface area contributed by atoms with Gasteiger partial charge in [-0.1, -0.05) is 56.3 Å². The second-order valence-electron chi connectivity index (χ2n) is 7.77. The van der Waals surface area contributed by atoms with Crippen molar-refractivity contribution in [3.8, 4) is 0 Å². The first kappa shape index (κ1) is 20.7. The van der Waals surface area contributed by atoms with Crippen LogP contribution in [0.25, 0.3) is 0 Å². The molecule has 1 heterocycles. The molecular formula is C21H29N3O3. The predicted molar refractivity (Wildman–Crippen MR) is 106 cm³/mol. The van der Waals surface area contributed by atoms with Crippen LogP contribution in [0.2, 0.25) is 0 Å². The Morgan fingerprint density at radius 1 is 1.30 bits per heavy atom. The van der Waals surface area contributed by atoms with Crippen LogP contribution in [0.15, 0.2) is 54.2 Å². The third kappa shape index (κ3) is 6.24. The number of carboxylic acids is 1. The van der Waals surface area contributed by atoms with Gasteiger partial charge >= 0.3 is 5.97 Å². The van der Waals surface area contributed by atoms with E-state index in [0.717, 1.165) is 11.3 Å². The highest BCUT2D eigenvalue weighted by molar-refractivity contribution is 6.02. The zero-order valence-corrected chi connectivity index (χ0v) is 16.5. The van der Waals surface area contributed by atoms with Crippen LogP contribution in [0.1, 0.15) is 58.6 Å². The fourth-order valence-corrected chi connectivity index (χ4v) is 2.82. The molecule has 0 aliphatic heterocycles. The van der Waals surface area contributed by atoms with Gasteiger partial charge in [-0.3, -0.25) is 4.79 Å². The number of benzene rings is 1. The molecule has 2 rings (SSSR count). The summed E-state index contributed by atoms with van der Waals surface area (Å²) in [6.45, 7) is 8.29. The fraction of sp³-hybridized carbons (Fsp3) is 0.476. The Bertz CT molecular complexity index is 734. The van der Waals surface area contributed by atoms with E-state index in [1.807, 2.05) is 48.0 Å². The number of oxime groups is 1. The third-order valence-electron chi connectivity index (χ3n) is 4.54. The highest BCUT2D eigenvalue weighted by Crippen LogP contribution is 2.27. The molecule has 2 unspecified atom stereocenters. The smallest absolute Gasteiger partial charge is 0.303 e. The van der Waals surface area contributed by atoms with Crippen molar-refractivity contribution in [1.82, 2.24) is 9.55 Å². The molecule has 1 aromatic carbocycles. The zero-order valence-electron chi connectivity index (χ0n) is 16.5. The van der Waals surface area contributed by atoms with E-state index in [-0.39, 0.29) is 24.0 Å². The van der Waals surface area contributed by atoms with Crippen molar-refractivity contribution in [3.05, 3.63) is 54.6 Å². The second kappa shape index (κ2) is 9.35. The summed E-state index contributed by atoms with van der Waals surface area (Å²) in [4.78, 5) is 20.9. The Balaban J connectivity index is 2.24. The van der Waals surface area contributed by atoms with Gasteiger partial charge in [-0.15, -0.1) is 0 Å². The third-order valence-corrected chi connectivity index (χ3v) is 4.54. The zero-order chi connectivity index (χ0) is 19.9. The van der Waals surface area contributed by atoms with E-state index in [1.54, 1.807) is 12.5 Å². The summed E-state index contributed by atoms with van der Waals surface area (Å²) < 4.78 is 1.98. The Morgan fingerprint density at radius 3 is 2.56 bits per heavy atom. The standard InChI is InChI=1S/C21H29N3O3/c1-16(24-14-13-22-15-24)20(17-9-6-5-7-10-17)23-27-18(21(2,3)4)11-8-12-19(25)26/h5-7,9-10,13-16,18H,8,11-12H2,1-4H3,(H,25,26)/b23-20+. The summed E-state index contributed by atoms with van der Waals surface area (Å²) >= 11 is 0. The monoisotopic (exact) mass is 371 g/mol. The number of imidazole rings is 1. The molecule has 0 amide bonds. The molecule has 146 valence electrons. The molecular weight excluding hydrogens is 342 g/mol. The molecule has 0 aliphatic rings. The van der Waals surface area contributed by atoms with Gasteiger partial charge in [-0.05, 0) is 19.8 Å². The molecule has 0 bridgehead atoms. The van der Waals surface area contributed by atoms with E-state index >= 15 is 0 Å². The number of nitrogens with zero attached hydrogens (tertiary/aromatic N) is 3. The molecule has 0 aliphatic carbocycles. The van der Waals surface area contributed by atoms with Gasteiger partial charge in [0.15, 0.2) is 0 Å². The number of aromatic nitrogens is 2. The minimum atomic E-state index is -0.787. The van der Waals surface area contributed by atoms with Crippen molar-refractivity contribution < 1.29 is 14.7 Å². The summed E-state index contributed by atoms with van der Waals surface area (Å²) in [5, 5.41) is 13.4. The lowest BCUT2D eigenvalue weighted by molar-refractivity contribution is -0.137. The van der Waals surface area contributed by atoms with Crippen LogP contribution in [-0.2, 0) is 9.63 Å². The lowest BCUT2D eigenvalue weighted by Crippen LogP contribution is -2.29. The van der Waals surface area contributed by atoms with E-state index in [1.165, 1.54) is 0 Å².